The van der Waals surface area contributed by atoms with Gasteiger partial charge in [0.1, 0.15) is 24.0 Å². The zero-order chi connectivity index (χ0) is 14.2. The monoisotopic (exact) mass is 277 g/mol. The van der Waals surface area contributed by atoms with Gasteiger partial charge in [-0.25, -0.2) is 15.8 Å². The van der Waals surface area contributed by atoms with Crippen LogP contribution in [0.2, 0.25) is 0 Å². The van der Waals surface area contributed by atoms with Gasteiger partial charge in [0.25, 0.3) is 0 Å². The summed E-state index contributed by atoms with van der Waals surface area (Å²) in [6.45, 7) is 3.61. The van der Waals surface area contributed by atoms with Crippen LogP contribution in [0.4, 0.5) is 11.6 Å². The minimum absolute atomic E-state index is 0.360. The summed E-state index contributed by atoms with van der Waals surface area (Å²) in [6.07, 6.45) is 2.44. The zero-order valence-corrected chi connectivity index (χ0v) is 11.4. The Morgan fingerprint density at radius 1 is 1.35 bits per heavy atom. The lowest BCUT2D eigenvalue weighted by Crippen LogP contribution is -2.13. The molecule has 0 atom stereocenters. The van der Waals surface area contributed by atoms with E-state index in [4.69, 9.17) is 15.0 Å². The van der Waals surface area contributed by atoms with Crippen LogP contribution in [0, 0.1) is 0 Å². The van der Waals surface area contributed by atoms with Crippen molar-refractivity contribution in [2.75, 3.05) is 23.9 Å². The van der Waals surface area contributed by atoms with Crippen molar-refractivity contribution < 1.29 is 9.15 Å². The van der Waals surface area contributed by atoms with Gasteiger partial charge in [-0.2, -0.15) is 0 Å². The molecule has 0 aromatic carbocycles. The van der Waals surface area contributed by atoms with Gasteiger partial charge in [-0.3, -0.25) is 0 Å². The first-order chi connectivity index (χ1) is 9.81. The molecule has 108 valence electrons. The molecule has 0 unspecified atom stereocenters. The Labute approximate surface area is 117 Å². The van der Waals surface area contributed by atoms with Gasteiger partial charge in [0.2, 0.25) is 0 Å². The Bertz CT molecular complexity index is 515. The summed E-state index contributed by atoms with van der Waals surface area (Å²) in [6, 6.07) is 5.56. The molecule has 0 aliphatic carbocycles. The van der Waals surface area contributed by atoms with Crippen molar-refractivity contribution in [3.05, 3.63) is 36.0 Å². The number of nitrogens with two attached hydrogens (primary N) is 1. The first-order valence-corrected chi connectivity index (χ1v) is 6.50. The predicted molar refractivity (Wildman–Crippen MR) is 76.1 cm³/mol. The molecule has 0 saturated carbocycles. The van der Waals surface area contributed by atoms with Gasteiger partial charge < -0.3 is 19.9 Å². The van der Waals surface area contributed by atoms with E-state index in [1.165, 1.54) is 0 Å². The van der Waals surface area contributed by atoms with Gasteiger partial charge >= 0.3 is 0 Å². The van der Waals surface area contributed by atoms with Crippen molar-refractivity contribution in [3.63, 3.8) is 0 Å². The number of nitrogens with zero attached hydrogens (tertiary/aromatic N) is 2. The van der Waals surface area contributed by atoms with Crippen LogP contribution in [-0.4, -0.2) is 23.1 Å². The molecule has 0 amide bonds. The van der Waals surface area contributed by atoms with E-state index in [1.807, 2.05) is 19.1 Å². The first kappa shape index (κ1) is 14.3. The van der Waals surface area contributed by atoms with E-state index in [0.29, 0.717) is 37.2 Å². The number of rotatable bonds is 8. The number of hydrazine groups is 1. The van der Waals surface area contributed by atoms with Crippen molar-refractivity contribution in [2.24, 2.45) is 5.84 Å². The summed E-state index contributed by atoms with van der Waals surface area (Å²) in [5.41, 5.74) is 2.52. The fourth-order valence-corrected chi connectivity index (χ4v) is 1.69. The second-order valence-corrected chi connectivity index (χ2v) is 4.09. The second-order valence-electron chi connectivity index (χ2n) is 4.09. The fourth-order valence-electron chi connectivity index (χ4n) is 1.69. The van der Waals surface area contributed by atoms with Gasteiger partial charge in [-0.05, 0) is 19.1 Å². The molecule has 4 N–H and O–H groups in total. The SMILES string of the molecule is CCOCc1nc(NN)cc(NCCc2ccco2)n1. The number of hydrogen-bond acceptors (Lipinski definition) is 7. The number of anilines is 2. The predicted octanol–water partition coefficient (Wildman–Crippen LogP) is 1.55. The first-order valence-electron chi connectivity index (χ1n) is 6.50. The third kappa shape index (κ3) is 4.22. The smallest absolute Gasteiger partial charge is 0.158 e. The highest BCUT2D eigenvalue weighted by atomic mass is 16.5. The summed E-state index contributed by atoms with van der Waals surface area (Å²) < 4.78 is 10.6. The van der Waals surface area contributed by atoms with Crippen LogP contribution in [0.15, 0.2) is 28.9 Å². The summed E-state index contributed by atoms with van der Waals surface area (Å²) in [7, 11) is 0. The molecule has 0 saturated heterocycles. The number of nitrogen functional groups attached to an aromatic ring is 1. The van der Waals surface area contributed by atoms with E-state index in [2.05, 4.69) is 20.7 Å². The molecule has 2 aromatic heterocycles. The molecule has 2 aromatic rings. The van der Waals surface area contributed by atoms with Crippen molar-refractivity contribution in [1.82, 2.24) is 9.97 Å². The summed E-state index contributed by atoms with van der Waals surface area (Å²) in [5.74, 6) is 8.17. The Kier molecular flexibility index (Phi) is 5.33. The molecule has 0 bridgehead atoms. The highest BCUT2D eigenvalue weighted by Gasteiger charge is 2.04. The Balaban J connectivity index is 1.94. The van der Waals surface area contributed by atoms with E-state index in [0.717, 1.165) is 12.2 Å². The van der Waals surface area contributed by atoms with Crippen LogP contribution in [0.5, 0.6) is 0 Å². The molecule has 20 heavy (non-hydrogen) atoms. The second kappa shape index (κ2) is 7.46. The van der Waals surface area contributed by atoms with Gasteiger partial charge in [0, 0.05) is 25.6 Å². The molecule has 7 heteroatoms. The van der Waals surface area contributed by atoms with Crippen LogP contribution in [0.1, 0.15) is 18.5 Å². The lowest BCUT2D eigenvalue weighted by molar-refractivity contribution is 0.128. The van der Waals surface area contributed by atoms with E-state index >= 15 is 0 Å². The summed E-state index contributed by atoms with van der Waals surface area (Å²) >= 11 is 0. The molecule has 0 aliphatic heterocycles. The largest absolute Gasteiger partial charge is 0.469 e. The fraction of sp³-hybridized carbons (Fsp3) is 0.385. The Morgan fingerprint density at radius 3 is 2.90 bits per heavy atom. The molecule has 0 fully saturated rings. The molecule has 0 spiro atoms. The minimum Gasteiger partial charge on any atom is -0.469 e. The van der Waals surface area contributed by atoms with E-state index in [-0.39, 0.29) is 0 Å². The average molecular weight is 277 g/mol. The summed E-state index contributed by atoms with van der Waals surface area (Å²) in [4.78, 5) is 8.58. The molecular weight excluding hydrogens is 258 g/mol. The highest BCUT2D eigenvalue weighted by molar-refractivity contribution is 5.46. The molecule has 0 aliphatic rings. The van der Waals surface area contributed by atoms with Gasteiger partial charge in [-0.15, -0.1) is 0 Å². The van der Waals surface area contributed by atoms with Gasteiger partial charge in [0.15, 0.2) is 5.82 Å². The zero-order valence-electron chi connectivity index (χ0n) is 11.4. The molecule has 2 rings (SSSR count). The number of aromatic nitrogens is 2. The molecule has 0 radical (unpaired) electrons. The van der Waals surface area contributed by atoms with Crippen LogP contribution in [0.25, 0.3) is 0 Å². The number of nitrogens with one attached hydrogen (secondary N) is 2. The number of furan rings is 1. The quantitative estimate of drug-likeness (QED) is 0.497. The van der Waals surface area contributed by atoms with Gasteiger partial charge in [-0.1, -0.05) is 0 Å². The summed E-state index contributed by atoms with van der Waals surface area (Å²) in [5, 5.41) is 3.21. The van der Waals surface area contributed by atoms with Crippen LogP contribution in [-0.2, 0) is 17.8 Å². The standard InChI is InChI=1S/C13H19N5O2/c1-2-19-9-13-16-11(8-12(17-13)18-14)15-6-5-10-4-3-7-20-10/h3-4,7-8H,2,5-6,9,14H2,1H3,(H2,15,16,17,18). The van der Waals surface area contributed by atoms with E-state index < -0.39 is 0 Å². The maximum absolute atomic E-state index is 5.40. The van der Waals surface area contributed by atoms with Crippen LogP contribution < -0.4 is 16.6 Å². The molecular formula is C13H19N5O2. The third-order valence-electron chi connectivity index (χ3n) is 2.61. The van der Waals surface area contributed by atoms with Crippen molar-refractivity contribution in [3.8, 4) is 0 Å². The van der Waals surface area contributed by atoms with E-state index in [9.17, 15) is 0 Å². The number of hydrogen-bond donors (Lipinski definition) is 3. The average Bonchev–Trinajstić information content (AvgIpc) is 2.98. The Morgan fingerprint density at radius 2 is 2.20 bits per heavy atom. The van der Waals surface area contributed by atoms with Crippen molar-refractivity contribution in [2.45, 2.75) is 20.0 Å². The molecule has 7 nitrogen and oxygen atoms in total. The van der Waals surface area contributed by atoms with Gasteiger partial charge in [0.05, 0.1) is 6.26 Å². The van der Waals surface area contributed by atoms with Crippen molar-refractivity contribution in [1.29, 1.82) is 0 Å². The maximum Gasteiger partial charge on any atom is 0.158 e. The lowest BCUT2D eigenvalue weighted by Gasteiger charge is -2.09. The minimum atomic E-state index is 0.360. The molecule has 2 heterocycles. The lowest BCUT2D eigenvalue weighted by atomic mass is 10.3. The van der Waals surface area contributed by atoms with Crippen LogP contribution >= 0.6 is 0 Å². The van der Waals surface area contributed by atoms with Crippen LogP contribution in [0.3, 0.4) is 0 Å². The normalized spacial score (nSPS) is 10.5. The highest BCUT2D eigenvalue weighted by Crippen LogP contribution is 2.11. The third-order valence-corrected chi connectivity index (χ3v) is 2.61. The topological polar surface area (TPSA) is 98.2 Å². The van der Waals surface area contributed by atoms with Crippen molar-refractivity contribution >= 4 is 11.6 Å². The Hall–Kier alpha value is -2.12. The van der Waals surface area contributed by atoms with E-state index in [1.54, 1.807) is 12.3 Å². The number of ether oxygens (including phenoxy) is 1. The maximum atomic E-state index is 5.40.